The van der Waals surface area contributed by atoms with Gasteiger partial charge in [-0.05, 0) is 61.1 Å². The van der Waals surface area contributed by atoms with E-state index in [9.17, 15) is 8.42 Å². The van der Waals surface area contributed by atoms with Crippen LogP contribution in [0.2, 0.25) is 0 Å². The summed E-state index contributed by atoms with van der Waals surface area (Å²) < 4.78 is 30.0. The molecule has 3 heterocycles. The molecule has 7 heteroatoms. The molecule has 29 heavy (non-hydrogen) atoms. The predicted molar refractivity (Wildman–Crippen MR) is 112 cm³/mol. The molecule has 3 aromatic rings. The molecule has 0 bridgehead atoms. The number of piperazine rings is 1. The Morgan fingerprint density at radius 1 is 0.931 bits per heavy atom. The zero-order valence-electron chi connectivity index (χ0n) is 16.5. The van der Waals surface area contributed by atoms with Crippen LogP contribution in [0.5, 0.6) is 0 Å². The minimum absolute atomic E-state index is 0.451. The molecule has 2 aromatic heterocycles. The average molecular weight is 411 g/mol. The van der Waals surface area contributed by atoms with Crippen LogP contribution in [-0.2, 0) is 29.4 Å². The monoisotopic (exact) mass is 410 g/mol. The molecule has 0 amide bonds. The number of hydrogen-bond acceptors (Lipinski definition) is 4. The maximum Gasteiger partial charge on any atom is 0.243 e. The van der Waals surface area contributed by atoms with Gasteiger partial charge in [-0.1, -0.05) is 12.1 Å². The van der Waals surface area contributed by atoms with Gasteiger partial charge in [-0.25, -0.2) is 13.4 Å². The van der Waals surface area contributed by atoms with Crippen LogP contribution in [-0.4, -0.2) is 53.2 Å². The Balaban J connectivity index is 1.26. The summed E-state index contributed by atoms with van der Waals surface area (Å²) in [5, 5.41) is 0. The van der Waals surface area contributed by atoms with Crippen molar-refractivity contribution in [3.63, 3.8) is 0 Å². The Kier molecular flexibility index (Phi) is 4.89. The van der Waals surface area contributed by atoms with Crippen molar-refractivity contribution >= 4 is 15.7 Å². The van der Waals surface area contributed by atoms with Crippen LogP contribution in [0, 0.1) is 0 Å². The first-order chi connectivity index (χ1) is 14.1. The molecule has 0 unspecified atom stereocenters. The van der Waals surface area contributed by atoms with Gasteiger partial charge in [-0.15, -0.1) is 0 Å². The highest BCUT2D eigenvalue weighted by atomic mass is 32.2. The van der Waals surface area contributed by atoms with Crippen LogP contribution in [0.4, 0.5) is 0 Å². The van der Waals surface area contributed by atoms with E-state index < -0.39 is 10.0 Å². The Morgan fingerprint density at radius 3 is 2.52 bits per heavy atom. The third-order valence-corrected chi connectivity index (χ3v) is 7.98. The van der Waals surface area contributed by atoms with E-state index in [-0.39, 0.29) is 0 Å². The maximum atomic E-state index is 13.1. The first kappa shape index (κ1) is 18.8. The average Bonchev–Trinajstić information content (AvgIpc) is 3.16. The fourth-order valence-corrected chi connectivity index (χ4v) is 5.91. The van der Waals surface area contributed by atoms with Crippen LogP contribution in [0.25, 0.3) is 5.65 Å². The third-order valence-electron chi connectivity index (χ3n) is 6.09. The van der Waals surface area contributed by atoms with Crippen molar-refractivity contribution in [1.29, 1.82) is 0 Å². The first-order valence-electron chi connectivity index (χ1n) is 10.4. The summed E-state index contributed by atoms with van der Waals surface area (Å²) in [4.78, 5) is 7.38. The summed E-state index contributed by atoms with van der Waals surface area (Å²) in [6.07, 6.45) is 8.45. The molecule has 1 aromatic carbocycles. The molecule has 0 spiro atoms. The molecule has 1 fully saturated rings. The first-order valence-corrected chi connectivity index (χ1v) is 11.8. The van der Waals surface area contributed by atoms with E-state index in [2.05, 4.69) is 9.88 Å². The Hall–Kier alpha value is -2.22. The van der Waals surface area contributed by atoms with Crippen molar-refractivity contribution < 1.29 is 8.42 Å². The lowest BCUT2D eigenvalue weighted by molar-refractivity contribution is 0.180. The van der Waals surface area contributed by atoms with Gasteiger partial charge >= 0.3 is 0 Å². The molecule has 5 rings (SSSR count). The minimum Gasteiger partial charge on any atom is -0.307 e. The quantitative estimate of drug-likeness (QED) is 0.664. The smallest absolute Gasteiger partial charge is 0.243 e. The summed E-state index contributed by atoms with van der Waals surface area (Å²) >= 11 is 0. The fraction of sp³-hybridized carbons (Fsp3) is 0.409. The Bertz CT molecular complexity index is 1100. The summed E-state index contributed by atoms with van der Waals surface area (Å²) in [6.45, 7) is 3.23. The lowest BCUT2D eigenvalue weighted by atomic mass is 9.92. The number of aryl methyl sites for hydroxylation is 2. The van der Waals surface area contributed by atoms with E-state index in [0.29, 0.717) is 18.0 Å². The normalized spacial score (nSPS) is 18.8. The van der Waals surface area contributed by atoms with Crippen LogP contribution in [0.15, 0.2) is 53.7 Å². The van der Waals surface area contributed by atoms with E-state index in [1.807, 2.05) is 47.1 Å². The molecular formula is C22H26N4O2S. The maximum absolute atomic E-state index is 13.1. The van der Waals surface area contributed by atoms with E-state index in [1.165, 1.54) is 17.5 Å². The van der Waals surface area contributed by atoms with E-state index in [0.717, 1.165) is 50.2 Å². The van der Waals surface area contributed by atoms with Gasteiger partial charge in [0, 0.05) is 45.1 Å². The van der Waals surface area contributed by atoms with Gasteiger partial charge < -0.3 is 4.40 Å². The second-order valence-corrected chi connectivity index (χ2v) is 9.95. The second-order valence-electron chi connectivity index (χ2n) is 8.02. The molecule has 0 radical (unpaired) electrons. The van der Waals surface area contributed by atoms with Gasteiger partial charge in [0.2, 0.25) is 10.0 Å². The highest BCUT2D eigenvalue weighted by Gasteiger charge is 2.29. The zero-order chi connectivity index (χ0) is 19.8. The standard InChI is InChI=1S/C22H26N4O2S/c27-29(28,21-9-8-18-5-1-2-6-19(18)15-21)26-13-11-24(12-14-26)16-20-17-25-10-4-3-7-22(25)23-20/h3-4,7-10,15,17H,1-2,5-6,11-14,16H2. The van der Waals surface area contributed by atoms with Crippen LogP contribution in [0.1, 0.15) is 29.7 Å². The van der Waals surface area contributed by atoms with Crippen LogP contribution >= 0.6 is 0 Å². The molecule has 152 valence electrons. The number of rotatable bonds is 4. The van der Waals surface area contributed by atoms with Crippen molar-refractivity contribution in [3.8, 4) is 0 Å². The highest BCUT2D eigenvalue weighted by molar-refractivity contribution is 7.89. The van der Waals surface area contributed by atoms with Crippen molar-refractivity contribution in [3.05, 3.63) is 65.6 Å². The Morgan fingerprint density at radius 2 is 1.72 bits per heavy atom. The van der Waals surface area contributed by atoms with E-state index >= 15 is 0 Å². The predicted octanol–water partition coefficient (Wildman–Crippen LogP) is 2.72. The van der Waals surface area contributed by atoms with Gasteiger partial charge in [0.15, 0.2) is 0 Å². The van der Waals surface area contributed by atoms with Crippen molar-refractivity contribution in [2.75, 3.05) is 26.2 Å². The molecule has 2 aliphatic rings. The molecule has 0 saturated carbocycles. The largest absolute Gasteiger partial charge is 0.307 e. The number of benzene rings is 1. The summed E-state index contributed by atoms with van der Waals surface area (Å²) in [6, 6.07) is 11.7. The number of sulfonamides is 1. The van der Waals surface area contributed by atoms with Crippen molar-refractivity contribution in [1.82, 2.24) is 18.6 Å². The fourth-order valence-electron chi connectivity index (χ4n) is 4.44. The Labute approximate surface area is 171 Å². The molecule has 6 nitrogen and oxygen atoms in total. The minimum atomic E-state index is -3.43. The lowest BCUT2D eigenvalue weighted by Gasteiger charge is -2.33. The number of pyridine rings is 1. The van der Waals surface area contributed by atoms with E-state index in [4.69, 9.17) is 0 Å². The SMILES string of the molecule is O=S(=O)(c1ccc2c(c1)CCCC2)N1CCN(Cc2cn3ccccc3n2)CC1. The molecule has 0 N–H and O–H groups in total. The third kappa shape index (κ3) is 3.70. The topological polar surface area (TPSA) is 57.9 Å². The number of hydrogen-bond donors (Lipinski definition) is 0. The van der Waals surface area contributed by atoms with Gasteiger partial charge in [0.1, 0.15) is 5.65 Å². The number of imidazole rings is 1. The van der Waals surface area contributed by atoms with Crippen LogP contribution in [0.3, 0.4) is 0 Å². The number of fused-ring (bicyclic) bond motifs is 2. The summed E-state index contributed by atoms with van der Waals surface area (Å²) in [7, 11) is -3.43. The number of nitrogens with zero attached hydrogens (tertiary/aromatic N) is 4. The lowest BCUT2D eigenvalue weighted by Crippen LogP contribution is -2.48. The van der Waals surface area contributed by atoms with Crippen LogP contribution < -0.4 is 0 Å². The second kappa shape index (κ2) is 7.55. The molecule has 1 aliphatic heterocycles. The van der Waals surface area contributed by atoms with Crippen molar-refractivity contribution in [2.24, 2.45) is 0 Å². The summed E-state index contributed by atoms with van der Waals surface area (Å²) in [5.74, 6) is 0. The molecular weight excluding hydrogens is 384 g/mol. The highest BCUT2D eigenvalue weighted by Crippen LogP contribution is 2.26. The van der Waals surface area contributed by atoms with Gasteiger partial charge in [0.25, 0.3) is 0 Å². The van der Waals surface area contributed by atoms with Gasteiger partial charge in [0.05, 0.1) is 10.6 Å². The van der Waals surface area contributed by atoms with Crippen molar-refractivity contribution in [2.45, 2.75) is 37.1 Å². The summed E-state index contributed by atoms with van der Waals surface area (Å²) in [5.41, 5.74) is 4.48. The molecule has 1 aliphatic carbocycles. The van der Waals surface area contributed by atoms with E-state index in [1.54, 1.807) is 10.4 Å². The van der Waals surface area contributed by atoms with Gasteiger partial charge in [-0.2, -0.15) is 4.31 Å². The molecule has 0 atom stereocenters. The molecule has 1 saturated heterocycles. The van der Waals surface area contributed by atoms with Gasteiger partial charge in [-0.3, -0.25) is 4.90 Å². The number of aromatic nitrogens is 2. The zero-order valence-corrected chi connectivity index (χ0v) is 17.3.